The second-order valence-electron chi connectivity index (χ2n) is 4.65. The standard InChI is InChI=1S/C16H17N3O/c1-3-14-13-8-4-5-9-15(13)19(18-14)11-12-7-6-10-16(17-12)20-2/h4-10H,3,11H2,1-2H3. The number of hydrogen-bond acceptors (Lipinski definition) is 3. The SMILES string of the molecule is CCc1nn(Cc2cccc(OC)n2)c2ccccc12. The monoisotopic (exact) mass is 267 g/mol. The van der Waals surface area contributed by atoms with Gasteiger partial charge >= 0.3 is 0 Å². The molecule has 2 heterocycles. The van der Waals surface area contributed by atoms with Gasteiger partial charge in [0.25, 0.3) is 0 Å². The Kier molecular flexibility index (Phi) is 3.37. The Bertz CT molecular complexity index is 733. The molecule has 4 heteroatoms. The molecule has 0 saturated heterocycles. The van der Waals surface area contributed by atoms with Crippen LogP contribution in [-0.4, -0.2) is 21.9 Å². The van der Waals surface area contributed by atoms with E-state index in [-0.39, 0.29) is 0 Å². The maximum atomic E-state index is 5.17. The summed E-state index contributed by atoms with van der Waals surface area (Å²) < 4.78 is 7.18. The van der Waals surface area contributed by atoms with Crippen LogP contribution in [0.3, 0.4) is 0 Å². The summed E-state index contributed by atoms with van der Waals surface area (Å²) in [5.74, 6) is 0.634. The highest BCUT2D eigenvalue weighted by molar-refractivity contribution is 5.82. The van der Waals surface area contributed by atoms with Gasteiger partial charge in [-0.1, -0.05) is 31.2 Å². The van der Waals surface area contributed by atoms with E-state index in [0.29, 0.717) is 12.4 Å². The number of hydrogen-bond donors (Lipinski definition) is 0. The molecule has 1 aromatic carbocycles. The maximum absolute atomic E-state index is 5.17. The van der Waals surface area contributed by atoms with Gasteiger partial charge in [-0.2, -0.15) is 5.10 Å². The van der Waals surface area contributed by atoms with Crippen LogP contribution in [-0.2, 0) is 13.0 Å². The van der Waals surface area contributed by atoms with Crippen molar-refractivity contribution in [2.24, 2.45) is 0 Å². The van der Waals surface area contributed by atoms with Crippen molar-refractivity contribution in [1.82, 2.24) is 14.8 Å². The van der Waals surface area contributed by atoms with Gasteiger partial charge in [0.05, 0.1) is 30.6 Å². The van der Waals surface area contributed by atoms with Crippen molar-refractivity contribution in [2.45, 2.75) is 19.9 Å². The molecular weight excluding hydrogens is 250 g/mol. The van der Waals surface area contributed by atoms with Gasteiger partial charge in [0, 0.05) is 11.5 Å². The van der Waals surface area contributed by atoms with Crippen LogP contribution in [0.1, 0.15) is 18.3 Å². The predicted molar refractivity (Wildman–Crippen MR) is 79.0 cm³/mol. The molecule has 0 aliphatic carbocycles. The van der Waals surface area contributed by atoms with Crippen LogP contribution in [0.4, 0.5) is 0 Å². The van der Waals surface area contributed by atoms with Crippen molar-refractivity contribution in [3.8, 4) is 5.88 Å². The fraction of sp³-hybridized carbons (Fsp3) is 0.250. The third kappa shape index (κ3) is 2.25. The molecule has 0 aliphatic rings. The van der Waals surface area contributed by atoms with Gasteiger partial charge in [-0.05, 0) is 18.6 Å². The highest BCUT2D eigenvalue weighted by Gasteiger charge is 2.09. The lowest BCUT2D eigenvalue weighted by molar-refractivity contribution is 0.395. The number of ether oxygens (including phenoxy) is 1. The van der Waals surface area contributed by atoms with Crippen LogP contribution in [0, 0.1) is 0 Å². The molecule has 0 spiro atoms. The van der Waals surface area contributed by atoms with Crippen LogP contribution in [0.2, 0.25) is 0 Å². The molecule has 0 unspecified atom stereocenters. The van der Waals surface area contributed by atoms with Crippen LogP contribution < -0.4 is 4.74 Å². The number of para-hydroxylation sites is 1. The summed E-state index contributed by atoms with van der Waals surface area (Å²) in [5.41, 5.74) is 3.22. The van der Waals surface area contributed by atoms with E-state index in [9.17, 15) is 0 Å². The van der Waals surface area contributed by atoms with E-state index in [1.807, 2.05) is 28.9 Å². The second-order valence-corrected chi connectivity index (χ2v) is 4.65. The molecule has 4 nitrogen and oxygen atoms in total. The zero-order valence-corrected chi connectivity index (χ0v) is 11.7. The zero-order valence-electron chi connectivity index (χ0n) is 11.7. The molecule has 0 aliphatic heterocycles. The van der Waals surface area contributed by atoms with E-state index in [1.54, 1.807) is 7.11 Å². The van der Waals surface area contributed by atoms with Gasteiger partial charge in [-0.25, -0.2) is 4.98 Å². The maximum Gasteiger partial charge on any atom is 0.213 e. The Morgan fingerprint density at radius 1 is 1.10 bits per heavy atom. The first-order valence-corrected chi connectivity index (χ1v) is 6.76. The minimum atomic E-state index is 0.634. The van der Waals surface area contributed by atoms with Crippen molar-refractivity contribution in [2.75, 3.05) is 7.11 Å². The average molecular weight is 267 g/mol. The highest BCUT2D eigenvalue weighted by Crippen LogP contribution is 2.20. The molecule has 0 bridgehead atoms. The molecule has 3 aromatic rings. The topological polar surface area (TPSA) is 39.9 Å². The van der Waals surface area contributed by atoms with E-state index >= 15 is 0 Å². The lowest BCUT2D eigenvalue weighted by Gasteiger charge is -2.05. The van der Waals surface area contributed by atoms with E-state index in [4.69, 9.17) is 9.84 Å². The van der Waals surface area contributed by atoms with Crippen molar-refractivity contribution >= 4 is 10.9 Å². The normalized spacial score (nSPS) is 10.9. The molecule has 0 radical (unpaired) electrons. The third-order valence-electron chi connectivity index (χ3n) is 3.37. The molecule has 0 atom stereocenters. The Balaban J connectivity index is 2.02. The van der Waals surface area contributed by atoms with Crippen LogP contribution in [0.15, 0.2) is 42.5 Å². The van der Waals surface area contributed by atoms with Crippen molar-refractivity contribution < 1.29 is 4.74 Å². The third-order valence-corrected chi connectivity index (χ3v) is 3.37. The fourth-order valence-corrected chi connectivity index (χ4v) is 2.39. The van der Waals surface area contributed by atoms with Crippen LogP contribution >= 0.6 is 0 Å². The molecule has 0 saturated carbocycles. The molecule has 2 aromatic heterocycles. The number of nitrogens with zero attached hydrogens (tertiary/aromatic N) is 3. The van der Waals surface area contributed by atoms with Gasteiger partial charge in [0.2, 0.25) is 5.88 Å². The summed E-state index contributed by atoms with van der Waals surface area (Å²) in [6, 6.07) is 14.1. The lowest BCUT2D eigenvalue weighted by Crippen LogP contribution is -2.04. The summed E-state index contributed by atoms with van der Waals surface area (Å²) in [7, 11) is 1.63. The van der Waals surface area contributed by atoms with E-state index in [0.717, 1.165) is 23.3 Å². The van der Waals surface area contributed by atoms with Gasteiger partial charge in [0.15, 0.2) is 0 Å². The van der Waals surface area contributed by atoms with Crippen LogP contribution in [0.5, 0.6) is 5.88 Å². The van der Waals surface area contributed by atoms with Gasteiger partial charge in [-0.15, -0.1) is 0 Å². The number of fused-ring (bicyclic) bond motifs is 1. The summed E-state index contributed by atoms with van der Waals surface area (Å²) in [6.07, 6.45) is 0.930. The Morgan fingerprint density at radius 3 is 2.75 bits per heavy atom. The summed E-state index contributed by atoms with van der Waals surface area (Å²) in [6.45, 7) is 2.78. The molecule has 0 N–H and O–H groups in total. The Morgan fingerprint density at radius 2 is 1.95 bits per heavy atom. The summed E-state index contributed by atoms with van der Waals surface area (Å²) in [4.78, 5) is 4.45. The quantitative estimate of drug-likeness (QED) is 0.729. The first kappa shape index (κ1) is 12.7. The first-order valence-electron chi connectivity index (χ1n) is 6.76. The van der Waals surface area contributed by atoms with E-state index in [2.05, 4.69) is 30.1 Å². The number of aromatic nitrogens is 3. The van der Waals surface area contributed by atoms with Crippen molar-refractivity contribution in [3.05, 3.63) is 53.9 Å². The number of rotatable bonds is 4. The Labute approximate surface area is 118 Å². The average Bonchev–Trinajstić information content (AvgIpc) is 2.86. The second kappa shape index (κ2) is 5.33. The molecule has 20 heavy (non-hydrogen) atoms. The van der Waals surface area contributed by atoms with Crippen LogP contribution in [0.25, 0.3) is 10.9 Å². The smallest absolute Gasteiger partial charge is 0.213 e. The molecule has 3 rings (SSSR count). The molecular formula is C16H17N3O. The predicted octanol–water partition coefficient (Wildman–Crippen LogP) is 3.05. The molecule has 0 fully saturated rings. The van der Waals surface area contributed by atoms with Crippen molar-refractivity contribution in [3.63, 3.8) is 0 Å². The number of aryl methyl sites for hydroxylation is 1. The number of methoxy groups -OCH3 is 1. The minimum Gasteiger partial charge on any atom is -0.481 e. The first-order chi connectivity index (χ1) is 9.81. The Hall–Kier alpha value is -2.36. The molecule has 0 amide bonds. The minimum absolute atomic E-state index is 0.634. The van der Waals surface area contributed by atoms with E-state index < -0.39 is 0 Å². The van der Waals surface area contributed by atoms with E-state index in [1.165, 1.54) is 5.39 Å². The van der Waals surface area contributed by atoms with Crippen molar-refractivity contribution in [1.29, 1.82) is 0 Å². The number of pyridine rings is 1. The zero-order chi connectivity index (χ0) is 13.9. The van der Waals surface area contributed by atoms with Gasteiger partial charge in [0.1, 0.15) is 0 Å². The van der Waals surface area contributed by atoms with Gasteiger partial charge < -0.3 is 4.74 Å². The van der Waals surface area contributed by atoms with Gasteiger partial charge in [-0.3, -0.25) is 4.68 Å². The largest absolute Gasteiger partial charge is 0.481 e. The lowest BCUT2D eigenvalue weighted by atomic mass is 10.2. The summed E-state index contributed by atoms with van der Waals surface area (Å²) >= 11 is 0. The molecule has 102 valence electrons. The fourth-order valence-electron chi connectivity index (χ4n) is 2.39. The number of benzene rings is 1. The summed E-state index contributed by atoms with van der Waals surface area (Å²) in [5, 5.41) is 5.91. The highest BCUT2D eigenvalue weighted by atomic mass is 16.5.